The Labute approximate surface area is 202 Å². The lowest BCUT2D eigenvalue weighted by Gasteiger charge is -2.38. The number of nitrogens with one attached hydrogen (secondary N) is 2. The molecule has 2 N–H and O–H groups in total. The molecule has 3 aromatic rings. The van der Waals surface area contributed by atoms with Crippen LogP contribution in [0.5, 0.6) is 11.6 Å². The van der Waals surface area contributed by atoms with E-state index in [4.69, 9.17) is 44.9 Å². The third-order valence-electron chi connectivity index (χ3n) is 5.36. The summed E-state index contributed by atoms with van der Waals surface area (Å²) in [5.41, 5.74) is 1.10. The van der Waals surface area contributed by atoms with Gasteiger partial charge in [0.05, 0.1) is 0 Å². The maximum absolute atomic E-state index is 6.15. The number of hydrogen-bond donors (Lipinski definition) is 2. The van der Waals surface area contributed by atoms with Gasteiger partial charge in [-0.05, 0) is 54.9 Å². The van der Waals surface area contributed by atoms with Crippen molar-refractivity contribution in [2.45, 2.75) is 18.3 Å². The summed E-state index contributed by atoms with van der Waals surface area (Å²) in [7, 11) is 0. The Bertz CT molecular complexity index is 1060. The van der Waals surface area contributed by atoms with Crippen LogP contribution < -0.4 is 15.4 Å². The first-order valence-electron chi connectivity index (χ1n) is 10.2. The lowest BCUT2D eigenvalue weighted by atomic mass is 9.74. The number of nitrogens with zero attached hydrogens (tertiary/aromatic N) is 2. The van der Waals surface area contributed by atoms with E-state index in [0.29, 0.717) is 41.5 Å². The first-order chi connectivity index (χ1) is 15.5. The van der Waals surface area contributed by atoms with Gasteiger partial charge in [0.15, 0.2) is 5.11 Å². The summed E-state index contributed by atoms with van der Waals surface area (Å²) in [5, 5.41) is 7.68. The van der Waals surface area contributed by atoms with Crippen molar-refractivity contribution in [3.8, 4) is 11.6 Å². The average Bonchev–Trinajstić information content (AvgIpc) is 2.79. The summed E-state index contributed by atoms with van der Waals surface area (Å²) in [6.07, 6.45) is 1.76. The minimum Gasteiger partial charge on any atom is -0.439 e. The van der Waals surface area contributed by atoms with Crippen LogP contribution in [-0.2, 0) is 10.2 Å². The molecule has 32 heavy (non-hydrogen) atoms. The van der Waals surface area contributed by atoms with Crippen LogP contribution in [-0.4, -0.2) is 34.8 Å². The molecule has 0 radical (unpaired) electrons. The fourth-order valence-corrected chi connectivity index (χ4v) is 4.11. The van der Waals surface area contributed by atoms with E-state index in [1.807, 2.05) is 42.5 Å². The van der Waals surface area contributed by atoms with Gasteiger partial charge in [-0.2, -0.15) is 4.98 Å². The Hall–Kier alpha value is -2.45. The lowest BCUT2D eigenvalue weighted by molar-refractivity contribution is 0.0515. The molecule has 1 aromatic heterocycles. The zero-order valence-electron chi connectivity index (χ0n) is 17.2. The molecular weight excluding hydrogens is 467 g/mol. The third-order valence-corrected chi connectivity index (χ3v) is 6.05. The number of hydrogen-bond acceptors (Lipinski definition) is 5. The van der Waals surface area contributed by atoms with Crippen molar-refractivity contribution in [1.29, 1.82) is 0 Å². The van der Waals surface area contributed by atoms with Crippen molar-refractivity contribution >= 4 is 46.5 Å². The molecule has 1 aliphatic heterocycles. The average molecular weight is 489 g/mol. The van der Waals surface area contributed by atoms with E-state index in [0.717, 1.165) is 12.8 Å². The zero-order valence-corrected chi connectivity index (χ0v) is 19.5. The largest absolute Gasteiger partial charge is 0.439 e. The summed E-state index contributed by atoms with van der Waals surface area (Å²) in [5.74, 6) is 1.23. The molecule has 6 nitrogen and oxygen atoms in total. The molecule has 2 aromatic carbocycles. The van der Waals surface area contributed by atoms with Crippen LogP contribution in [0.25, 0.3) is 0 Å². The van der Waals surface area contributed by atoms with Gasteiger partial charge in [0.1, 0.15) is 10.9 Å². The molecule has 0 aliphatic carbocycles. The molecule has 2 heterocycles. The predicted molar refractivity (Wildman–Crippen MR) is 131 cm³/mol. The summed E-state index contributed by atoms with van der Waals surface area (Å²) < 4.78 is 11.4. The smallest absolute Gasteiger partial charge is 0.233 e. The maximum Gasteiger partial charge on any atom is 0.233 e. The summed E-state index contributed by atoms with van der Waals surface area (Å²) in [6, 6.07) is 18.8. The van der Waals surface area contributed by atoms with Crippen LogP contribution in [0.4, 0.5) is 5.95 Å². The number of halogens is 2. The Morgan fingerprint density at radius 2 is 1.75 bits per heavy atom. The van der Waals surface area contributed by atoms with E-state index in [-0.39, 0.29) is 16.5 Å². The first kappa shape index (κ1) is 22.7. The van der Waals surface area contributed by atoms with Crippen molar-refractivity contribution < 1.29 is 9.47 Å². The van der Waals surface area contributed by atoms with Gasteiger partial charge in [0.25, 0.3) is 0 Å². The molecule has 0 atom stereocenters. The van der Waals surface area contributed by atoms with Crippen molar-refractivity contribution in [3.63, 3.8) is 0 Å². The Kier molecular flexibility index (Phi) is 7.42. The first-order valence-corrected chi connectivity index (χ1v) is 11.3. The maximum atomic E-state index is 6.15. The van der Waals surface area contributed by atoms with E-state index < -0.39 is 0 Å². The molecule has 0 saturated carbocycles. The number of anilines is 1. The van der Waals surface area contributed by atoms with Crippen molar-refractivity contribution in [3.05, 3.63) is 76.4 Å². The number of rotatable bonds is 6. The molecule has 4 rings (SSSR count). The molecule has 1 fully saturated rings. The number of benzene rings is 2. The van der Waals surface area contributed by atoms with Gasteiger partial charge in [0.2, 0.25) is 11.8 Å². The van der Waals surface area contributed by atoms with Gasteiger partial charge in [-0.3, -0.25) is 0 Å². The van der Waals surface area contributed by atoms with Crippen molar-refractivity contribution in [2.75, 3.05) is 25.1 Å². The molecule has 9 heteroatoms. The lowest BCUT2D eigenvalue weighted by Crippen LogP contribution is -2.45. The van der Waals surface area contributed by atoms with Gasteiger partial charge < -0.3 is 20.1 Å². The molecular formula is C23H22Cl2N4O2S. The Morgan fingerprint density at radius 1 is 1.03 bits per heavy atom. The van der Waals surface area contributed by atoms with E-state index in [1.165, 1.54) is 5.56 Å². The fourth-order valence-electron chi connectivity index (χ4n) is 3.64. The van der Waals surface area contributed by atoms with E-state index in [1.54, 1.807) is 6.07 Å². The van der Waals surface area contributed by atoms with Crippen LogP contribution in [0.2, 0.25) is 10.2 Å². The van der Waals surface area contributed by atoms with Gasteiger partial charge in [-0.1, -0.05) is 53.5 Å². The topological polar surface area (TPSA) is 68.3 Å². The molecule has 0 amide bonds. The standard InChI is InChI=1S/C23H22Cl2N4O2S/c24-17-8-6-16(7-9-17)23(10-12-30-13-11-23)15-26-22(32)29-21-27-19(25)14-20(28-21)31-18-4-2-1-3-5-18/h1-9,14H,10-13,15H2,(H2,26,27,28,29,32). The molecule has 1 saturated heterocycles. The Morgan fingerprint density at radius 3 is 2.47 bits per heavy atom. The number of aromatic nitrogens is 2. The highest BCUT2D eigenvalue weighted by Crippen LogP contribution is 2.35. The van der Waals surface area contributed by atoms with Crippen LogP contribution in [0.3, 0.4) is 0 Å². The second-order valence-electron chi connectivity index (χ2n) is 7.47. The van der Waals surface area contributed by atoms with E-state index in [2.05, 4.69) is 32.7 Å². The second kappa shape index (κ2) is 10.4. The minimum atomic E-state index is -0.106. The van der Waals surface area contributed by atoms with Crippen LogP contribution in [0.15, 0.2) is 60.7 Å². The highest BCUT2D eigenvalue weighted by atomic mass is 35.5. The normalized spacial score (nSPS) is 15.1. The third kappa shape index (κ3) is 5.86. The quantitative estimate of drug-likeness (QED) is 0.345. The van der Waals surface area contributed by atoms with Gasteiger partial charge in [-0.15, -0.1) is 0 Å². The molecule has 1 aliphatic rings. The minimum absolute atomic E-state index is 0.106. The highest BCUT2D eigenvalue weighted by molar-refractivity contribution is 7.80. The van der Waals surface area contributed by atoms with Crippen molar-refractivity contribution in [2.24, 2.45) is 0 Å². The second-order valence-corrected chi connectivity index (χ2v) is 8.71. The molecule has 0 bridgehead atoms. The molecule has 0 unspecified atom stereocenters. The Balaban J connectivity index is 1.43. The SMILES string of the molecule is S=C(NCC1(c2ccc(Cl)cc2)CCOCC1)Nc1nc(Cl)cc(Oc2ccccc2)n1. The van der Waals surface area contributed by atoms with Crippen LogP contribution in [0.1, 0.15) is 18.4 Å². The molecule has 0 spiro atoms. The summed E-state index contributed by atoms with van der Waals surface area (Å²) in [6.45, 7) is 2.03. The van der Waals surface area contributed by atoms with Gasteiger partial charge >= 0.3 is 0 Å². The highest BCUT2D eigenvalue weighted by Gasteiger charge is 2.34. The summed E-state index contributed by atoms with van der Waals surface area (Å²) in [4.78, 5) is 8.55. The predicted octanol–water partition coefficient (Wildman–Crippen LogP) is 5.61. The van der Waals surface area contributed by atoms with Gasteiger partial charge in [-0.25, -0.2) is 4.98 Å². The van der Waals surface area contributed by atoms with Gasteiger partial charge in [0, 0.05) is 36.3 Å². The number of para-hydroxylation sites is 1. The van der Waals surface area contributed by atoms with Crippen LogP contribution in [0, 0.1) is 0 Å². The molecule has 166 valence electrons. The summed E-state index contributed by atoms with van der Waals surface area (Å²) >= 11 is 17.7. The monoisotopic (exact) mass is 488 g/mol. The zero-order chi connectivity index (χ0) is 22.4. The van der Waals surface area contributed by atoms with Crippen molar-refractivity contribution in [1.82, 2.24) is 15.3 Å². The van der Waals surface area contributed by atoms with Crippen LogP contribution >= 0.6 is 35.4 Å². The number of thiocarbonyl (C=S) groups is 1. The van der Waals surface area contributed by atoms with E-state index in [9.17, 15) is 0 Å². The van der Waals surface area contributed by atoms with E-state index >= 15 is 0 Å². The number of ether oxygens (including phenoxy) is 2. The fraction of sp³-hybridized carbons (Fsp3) is 0.261.